The summed E-state index contributed by atoms with van der Waals surface area (Å²) >= 11 is 1.47. The van der Waals surface area contributed by atoms with Crippen LogP contribution >= 0.6 is 11.8 Å². The van der Waals surface area contributed by atoms with Gasteiger partial charge < -0.3 is 14.5 Å². The van der Waals surface area contributed by atoms with Crippen molar-refractivity contribution in [2.45, 2.75) is 26.7 Å². The topological polar surface area (TPSA) is 45.1 Å². The summed E-state index contributed by atoms with van der Waals surface area (Å²) in [5, 5.41) is 0.809. The molecule has 6 heteroatoms. The predicted molar refractivity (Wildman–Crippen MR) is 130 cm³/mol. The number of amidine groups is 1. The van der Waals surface area contributed by atoms with Gasteiger partial charge in [0.25, 0.3) is 5.91 Å². The number of aliphatic imine (C=N–C) groups is 1. The molecule has 0 aromatic heterocycles. The van der Waals surface area contributed by atoms with Gasteiger partial charge >= 0.3 is 0 Å². The van der Waals surface area contributed by atoms with E-state index in [1.54, 1.807) is 0 Å². The highest BCUT2D eigenvalue weighted by Crippen LogP contribution is 2.33. The second-order valence-corrected chi connectivity index (χ2v) is 8.87. The summed E-state index contributed by atoms with van der Waals surface area (Å²) in [4.78, 5) is 22.2. The number of carbonyl (C=O) groups is 1. The molecule has 0 spiro atoms. The summed E-state index contributed by atoms with van der Waals surface area (Å²) in [5.74, 6) is 0.654. The van der Waals surface area contributed by atoms with E-state index in [4.69, 9.17) is 4.74 Å². The minimum Gasteiger partial charge on any atom is -0.493 e. The zero-order valence-corrected chi connectivity index (χ0v) is 19.0. The average molecular weight is 436 g/mol. The average Bonchev–Trinajstić information content (AvgIpc) is 3.16. The molecule has 1 fully saturated rings. The molecule has 5 nitrogen and oxygen atoms in total. The summed E-state index contributed by atoms with van der Waals surface area (Å²) in [7, 11) is 0. The number of thioether (sulfide) groups is 1. The number of aryl methyl sites for hydroxylation is 1. The van der Waals surface area contributed by atoms with Gasteiger partial charge in [-0.05, 0) is 49.4 Å². The van der Waals surface area contributed by atoms with Gasteiger partial charge in [-0.15, -0.1) is 0 Å². The summed E-state index contributed by atoms with van der Waals surface area (Å²) < 4.78 is 5.91. The number of amides is 1. The van der Waals surface area contributed by atoms with Crippen molar-refractivity contribution in [1.82, 2.24) is 4.90 Å². The molecule has 2 heterocycles. The lowest BCUT2D eigenvalue weighted by molar-refractivity contribution is -0.113. The molecule has 0 atom stereocenters. The quantitative estimate of drug-likeness (QED) is 0.474. The van der Waals surface area contributed by atoms with Crippen LogP contribution < -0.4 is 9.64 Å². The molecule has 2 aromatic rings. The number of carbonyl (C=O) groups excluding carboxylic acids is 1. The third-order valence-corrected chi connectivity index (χ3v) is 6.56. The first-order chi connectivity index (χ1) is 15.1. The van der Waals surface area contributed by atoms with Crippen LogP contribution in [0.1, 0.15) is 30.9 Å². The molecule has 0 saturated carbocycles. The molecule has 0 aliphatic carbocycles. The summed E-state index contributed by atoms with van der Waals surface area (Å²) in [5.41, 5.74) is 3.45. The molecular formula is C25H29N3O2S. The summed E-state index contributed by atoms with van der Waals surface area (Å²) in [6.07, 6.45) is 4.01. The minimum atomic E-state index is -0.163. The first kappa shape index (κ1) is 21.5. The molecule has 0 bridgehead atoms. The number of piperazine rings is 1. The molecule has 0 unspecified atom stereocenters. The number of benzene rings is 2. The summed E-state index contributed by atoms with van der Waals surface area (Å²) in [6.45, 7) is 8.49. The van der Waals surface area contributed by atoms with E-state index >= 15 is 0 Å². The van der Waals surface area contributed by atoms with Gasteiger partial charge in [-0.2, -0.15) is 4.99 Å². The lowest BCUT2D eigenvalue weighted by Gasteiger charge is -2.36. The van der Waals surface area contributed by atoms with Crippen molar-refractivity contribution in [3.8, 4) is 5.75 Å². The van der Waals surface area contributed by atoms with Crippen LogP contribution in [-0.2, 0) is 4.79 Å². The summed E-state index contributed by atoms with van der Waals surface area (Å²) in [6, 6.07) is 16.5. The number of hydrogen-bond acceptors (Lipinski definition) is 5. The highest BCUT2D eigenvalue weighted by Gasteiger charge is 2.28. The van der Waals surface area contributed by atoms with E-state index < -0.39 is 0 Å². The van der Waals surface area contributed by atoms with Crippen molar-refractivity contribution in [2.75, 3.05) is 37.7 Å². The van der Waals surface area contributed by atoms with Gasteiger partial charge in [0, 0.05) is 37.4 Å². The number of hydrogen-bond donors (Lipinski definition) is 0. The lowest BCUT2D eigenvalue weighted by Crippen LogP contribution is -2.47. The SMILES string of the molecule is CCCCOc1ccccc1/C=C1\SC(N2CCN(c3ccc(C)cc3)CC2)=NC1=O. The van der Waals surface area contributed by atoms with Crippen molar-refractivity contribution in [1.29, 1.82) is 0 Å². The van der Waals surface area contributed by atoms with Gasteiger partial charge in [0.1, 0.15) is 5.75 Å². The van der Waals surface area contributed by atoms with E-state index in [0.29, 0.717) is 11.5 Å². The molecule has 0 N–H and O–H groups in total. The number of nitrogens with zero attached hydrogens (tertiary/aromatic N) is 3. The Bertz CT molecular complexity index is 977. The van der Waals surface area contributed by atoms with Crippen LogP contribution in [0.25, 0.3) is 6.08 Å². The Morgan fingerprint density at radius 3 is 2.48 bits per heavy atom. The maximum atomic E-state index is 12.6. The van der Waals surface area contributed by atoms with Gasteiger partial charge in [-0.1, -0.05) is 49.2 Å². The molecule has 0 radical (unpaired) electrons. The predicted octanol–water partition coefficient (Wildman–Crippen LogP) is 4.97. The van der Waals surface area contributed by atoms with Crippen LogP contribution in [0.15, 0.2) is 58.4 Å². The minimum absolute atomic E-state index is 0.163. The van der Waals surface area contributed by atoms with E-state index in [-0.39, 0.29) is 5.91 Å². The van der Waals surface area contributed by atoms with E-state index in [0.717, 1.165) is 55.5 Å². The molecule has 2 aliphatic heterocycles. The maximum absolute atomic E-state index is 12.6. The van der Waals surface area contributed by atoms with E-state index in [9.17, 15) is 4.79 Å². The van der Waals surface area contributed by atoms with Gasteiger partial charge in [-0.25, -0.2) is 0 Å². The molecule has 1 saturated heterocycles. The fourth-order valence-electron chi connectivity index (χ4n) is 3.64. The van der Waals surface area contributed by atoms with E-state index in [1.807, 2.05) is 30.3 Å². The number of unbranched alkanes of at least 4 members (excludes halogenated alkanes) is 1. The standard InChI is InChI=1S/C25H29N3O2S/c1-3-4-17-30-22-8-6-5-7-20(22)18-23-24(29)26-25(31-23)28-15-13-27(14-16-28)21-11-9-19(2)10-12-21/h5-12,18H,3-4,13-17H2,1-2H3/b23-18-. The van der Waals surface area contributed by atoms with Crippen LogP contribution in [0.4, 0.5) is 5.69 Å². The fraction of sp³-hybridized carbons (Fsp3) is 0.360. The van der Waals surface area contributed by atoms with Crippen LogP contribution in [0.5, 0.6) is 5.75 Å². The van der Waals surface area contributed by atoms with E-state index in [1.165, 1.54) is 23.0 Å². The second kappa shape index (κ2) is 10.1. The zero-order valence-electron chi connectivity index (χ0n) is 18.2. The highest BCUT2D eigenvalue weighted by atomic mass is 32.2. The Morgan fingerprint density at radius 1 is 1.03 bits per heavy atom. The van der Waals surface area contributed by atoms with Crippen LogP contribution in [0.3, 0.4) is 0 Å². The van der Waals surface area contributed by atoms with Crippen LogP contribution in [0, 0.1) is 6.92 Å². The van der Waals surface area contributed by atoms with Gasteiger partial charge in [0.2, 0.25) is 0 Å². The second-order valence-electron chi connectivity index (χ2n) is 7.86. The van der Waals surface area contributed by atoms with Gasteiger partial charge in [0.05, 0.1) is 11.5 Å². The van der Waals surface area contributed by atoms with Crippen molar-refractivity contribution in [3.63, 3.8) is 0 Å². The largest absolute Gasteiger partial charge is 0.493 e. The Hall–Kier alpha value is -2.73. The molecule has 1 amide bonds. The Balaban J connectivity index is 1.39. The number of para-hydroxylation sites is 1. The van der Waals surface area contributed by atoms with Crippen LogP contribution in [-0.4, -0.2) is 48.8 Å². The molecule has 31 heavy (non-hydrogen) atoms. The van der Waals surface area contributed by atoms with Crippen molar-refractivity contribution >= 4 is 34.6 Å². The Morgan fingerprint density at radius 2 is 1.74 bits per heavy atom. The number of anilines is 1. The fourth-order valence-corrected chi connectivity index (χ4v) is 4.60. The number of rotatable bonds is 6. The first-order valence-corrected chi connectivity index (χ1v) is 11.8. The van der Waals surface area contributed by atoms with Gasteiger partial charge in [0.15, 0.2) is 5.17 Å². The molecule has 2 aromatic carbocycles. The first-order valence-electron chi connectivity index (χ1n) is 10.9. The normalized spacial score (nSPS) is 17.9. The number of ether oxygens (including phenoxy) is 1. The molecule has 2 aliphatic rings. The maximum Gasteiger partial charge on any atom is 0.286 e. The third-order valence-electron chi connectivity index (χ3n) is 5.52. The van der Waals surface area contributed by atoms with Gasteiger partial charge in [-0.3, -0.25) is 4.79 Å². The Labute approximate surface area is 188 Å². The van der Waals surface area contributed by atoms with Crippen LogP contribution in [0.2, 0.25) is 0 Å². The molecule has 162 valence electrons. The monoisotopic (exact) mass is 435 g/mol. The van der Waals surface area contributed by atoms with E-state index in [2.05, 4.69) is 52.9 Å². The molecular weight excluding hydrogens is 406 g/mol. The van der Waals surface area contributed by atoms with Crippen molar-refractivity contribution < 1.29 is 9.53 Å². The molecule has 4 rings (SSSR count). The lowest BCUT2D eigenvalue weighted by atomic mass is 10.2. The zero-order chi connectivity index (χ0) is 21.6. The smallest absolute Gasteiger partial charge is 0.286 e. The van der Waals surface area contributed by atoms with Crippen molar-refractivity contribution in [2.24, 2.45) is 4.99 Å². The Kier molecular flexibility index (Phi) is 6.97. The van der Waals surface area contributed by atoms with Crippen molar-refractivity contribution in [3.05, 3.63) is 64.6 Å². The highest BCUT2D eigenvalue weighted by molar-refractivity contribution is 8.18. The third kappa shape index (κ3) is 5.31.